The summed E-state index contributed by atoms with van der Waals surface area (Å²) in [4.78, 5) is 11.9. The third-order valence-electron chi connectivity index (χ3n) is 3.40. The predicted molar refractivity (Wildman–Crippen MR) is 89.7 cm³/mol. The lowest BCUT2D eigenvalue weighted by molar-refractivity contribution is -0.153. The van der Waals surface area contributed by atoms with Gasteiger partial charge in [0.05, 0.1) is 0 Å². The van der Waals surface area contributed by atoms with Gasteiger partial charge in [0.1, 0.15) is 12.7 Å². The molecule has 1 atom stereocenters. The molecule has 2 aromatic rings. The molecule has 0 aromatic heterocycles. The van der Waals surface area contributed by atoms with Crippen LogP contribution in [0.15, 0.2) is 60.7 Å². The fourth-order valence-electron chi connectivity index (χ4n) is 2.22. The van der Waals surface area contributed by atoms with Crippen LogP contribution in [-0.4, -0.2) is 18.7 Å². The second-order valence-electron chi connectivity index (χ2n) is 5.07. The average Bonchev–Trinajstić information content (AvgIpc) is 2.61. The molecule has 0 saturated carbocycles. The van der Waals surface area contributed by atoms with Crippen molar-refractivity contribution in [2.75, 3.05) is 6.61 Å². The summed E-state index contributed by atoms with van der Waals surface area (Å²) in [5.74, 6) is 1.98. The van der Waals surface area contributed by atoms with Crippen molar-refractivity contribution in [3.8, 4) is 12.3 Å². The van der Waals surface area contributed by atoms with Crippen molar-refractivity contribution in [2.24, 2.45) is 0 Å². The molecule has 2 aromatic carbocycles. The molecule has 0 aliphatic heterocycles. The van der Waals surface area contributed by atoms with Gasteiger partial charge in [-0.15, -0.1) is 6.42 Å². The lowest BCUT2D eigenvalue weighted by atomic mass is 10.0. The van der Waals surface area contributed by atoms with Gasteiger partial charge in [0.15, 0.2) is 6.10 Å². The van der Waals surface area contributed by atoms with Gasteiger partial charge in [0.2, 0.25) is 0 Å². The summed E-state index contributed by atoms with van der Waals surface area (Å²) in [5.41, 5.74) is 1.96. The van der Waals surface area contributed by atoms with Gasteiger partial charge in [-0.2, -0.15) is 0 Å². The molecule has 0 radical (unpaired) electrons. The highest BCUT2D eigenvalue weighted by Crippen LogP contribution is 2.25. The number of terminal acetylenes is 1. The first kappa shape index (κ1) is 16.8. The van der Waals surface area contributed by atoms with E-state index >= 15 is 0 Å². The van der Waals surface area contributed by atoms with Gasteiger partial charge in [-0.05, 0) is 17.5 Å². The number of carbonyl (C=O) groups excluding carboxylic acids is 1. The summed E-state index contributed by atoms with van der Waals surface area (Å²) in [5, 5.41) is 0. The van der Waals surface area contributed by atoms with Crippen LogP contribution in [-0.2, 0) is 14.3 Å². The minimum atomic E-state index is -0.502. The van der Waals surface area contributed by atoms with Crippen LogP contribution in [0.2, 0.25) is 0 Å². The van der Waals surface area contributed by atoms with E-state index in [1.54, 1.807) is 0 Å². The summed E-state index contributed by atoms with van der Waals surface area (Å²) >= 11 is 0. The lowest BCUT2D eigenvalue weighted by Crippen LogP contribution is -2.21. The number of hydrogen-bond donors (Lipinski definition) is 0. The van der Waals surface area contributed by atoms with Crippen molar-refractivity contribution in [1.82, 2.24) is 0 Å². The molecule has 3 nitrogen and oxygen atoms in total. The van der Waals surface area contributed by atoms with Gasteiger partial charge in [0, 0.05) is 0 Å². The van der Waals surface area contributed by atoms with Gasteiger partial charge in [-0.25, -0.2) is 4.79 Å². The second kappa shape index (κ2) is 8.77. The maximum Gasteiger partial charge on any atom is 0.333 e. The van der Waals surface area contributed by atoms with Crippen molar-refractivity contribution in [3.05, 3.63) is 71.8 Å². The molecule has 0 bridgehead atoms. The molecule has 0 spiro atoms. The molecule has 2 rings (SSSR count). The van der Waals surface area contributed by atoms with E-state index in [9.17, 15) is 4.79 Å². The number of rotatable bonds is 7. The quantitative estimate of drug-likeness (QED) is 0.577. The van der Waals surface area contributed by atoms with Crippen LogP contribution < -0.4 is 0 Å². The summed E-state index contributed by atoms with van der Waals surface area (Å²) < 4.78 is 11.0. The Bertz CT molecular complexity index is 604. The molecule has 0 N–H and O–H groups in total. The number of benzene rings is 2. The molecule has 1 unspecified atom stereocenters. The standard InChI is InChI=1S/C20H20O3/c1-3-18(4-2)23-19(21)15-22-20(16-11-7-5-8-12-16)17-13-9-6-10-14-17/h1,5-14,18,20H,4,15H2,2H3. The SMILES string of the molecule is C#CC(CC)OC(=O)COC(c1ccccc1)c1ccccc1. The Morgan fingerprint density at radius 1 is 1.04 bits per heavy atom. The molecule has 23 heavy (non-hydrogen) atoms. The van der Waals surface area contributed by atoms with E-state index < -0.39 is 12.1 Å². The van der Waals surface area contributed by atoms with Crippen molar-refractivity contribution < 1.29 is 14.3 Å². The predicted octanol–water partition coefficient (Wildman–Crippen LogP) is 3.75. The minimum Gasteiger partial charge on any atom is -0.447 e. The first-order valence-corrected chi connectivity index (χ1v) is 7.61. The molecule has 0 aliphatic carbocycles. The van der Waals surface area contributed by atoms with Crippen molar-refractivity contribution >= 4 is 5.97 Å². The van der Waals surface area contributed by atoms with E-state index in [1.807, 2.05) is 67.6 Å². The smallest absolute Gasteiger partial charge is 0.333 e. The Labute approximate surface area is 137 Å². The molecule has 0 saturated heterocycles. The molecule has 0 aliphatic rings. The van der Waals surface area contributed by atoms with Crippen LogP contribution in [0, 0.1) is 12.3 Å². The van der Waals surface area contributed by atoms with Gasteiger partial charge in [-0.1, -0.05) is 73.5 Å². The zero-order valence-corrected chi connectivity index (χ0v) is 13.1. The first-order valence-electron chi connectivity index (χ1n) is 7.61. The Morgan fingerprint density at radius 3 is 2.00 bits per heavy atom. The third kappa shape index (κ3) is 4.98. The molecule has 0 amide bonds. The largest absolute Gasteiger partial charge is 0.447 e. The van der Waals surface area contributed by atoms with Crippen molar-refractivity contribution in [3.63, 3.8) is 0 Å². The van der Waals surface area contributed by atoms with E-state index in [2.05, 4.69) is 5.92 Å². The molecule has 3 heteroatoms. The molecule has 0 heterocycles. The van der Waals surface area contributed by atoms with Crippen LogP contribution in [0.25, 0.3) is 0 Å². The zero-order valence-electron chi connectivity index (χ0n) is 13.1. The van der Waals surface area contributed by atoms with E-state index in [4.69, 9.17) is 15.9 Å². The Kier molecular flexibility index (Phi) is 6.40. The molecular formula is C20H20O3. The number of carbonyl (C=O) groups is 1. The monoisotopic (exact) mass is 308 g/mol. The first-order chi connectivity index (χ1) is 11.2. The minimum absolute atomic E-state index is 0.146. The van der Waals surface area contributed by atoms with Gasteiger partial charge >= 0.3 is 5.97 Å². The van der Waals surface area contributed by atoms with Gasteiger partial charge in [0.25, 0.3) is 0 Å². The van der Waals surface area contributed by atoms with Gasteiger partial charge < -0.3 is 9.47 Å². The van der Waals surface area contributed by atoms with E-state index in [0.29, 0.717) is 6.42 Å². The van der Waals surface area contributed by atoms with Crippen LogP contribution in [0.3, 0.4) is 0 Å². The summed E-state index contributed by atoms with van der Waals surface area (Å²) in [7, 11) is 0. The number of hydrogen-bond acceptors (Lipinski definition) is 3. The molecule has 118 valence electrons. The fraction of sp³-hybridized carbons (Fsp3) is 0.250. The average molecular weight is 308 g/mol. The summed E-state index contributed by atoms with van der Waals surface area (Å²) in [6, 6.07) is 19.5. The highest BCUT2D eigenvalue weighted by molar-refractivity contribution is 5.71. The molecule has 0 fully saturated rings. The highest BCUT2D eigenvalue weighted by atomic mass is 16.6. The summed E-state index contributed by atoms with van der Waals surface area (Å²) in [6.45, 7) is 1.72. The lowest BCUT2D eigenvalue weighted by Gasteiger charge is -2.19. The Balaban J connectivity index is 2.08. The maximum absolute atomic E-state index is 11.9. The summed E-state index contributed by atoms with van der Waals surface area (Å²) in [6.07, 6.45) is 5.06. The van der Waals surface area contributed by atoms with Gasteiger partial charge in [-0.3, -0.25) is 0 Å². The number of esters is 1. The van der Waals surface area contributed by atoms with Crippen molar-refractivity contribution in [2.45, 2.75) is 25.6 Å². The number of ether oxygens (including phenoxy) is 2. The van der Waals surface area contributed by atoms with E-state index in [-0.39, 0.29) is 12.7 Å². The van der Waals surface area contributed by atoms with Crippen LogP contribution >= 0.6 is 0 Å². The third-order valence-corrected chi connectivity index (χ3v) is 3.40. The highest BCUT2D eigenvalue weighted by Gasteiger charge is 2.17. The Morgan fingerprint density at radius 2 is 1.57 bits per heavy atom. The second-order valence-corrected chi connectivity index (χ2v) is 5.07. The van der Waals surface area contributed by atoms with Crippen LogP contribution in [0.4, 0.5) is 0 Å². The molecular weight excluding hydrogens is 288 g/mol. The van der Waals surface area contributed by atoms with E-state index in [1.165, 1.54) is 0 Å². The van der Waals surface area contributed by atoms with E-state index in [0.717, 1.165) is 11.1 Å². The normalized spacial score (nSPS) is 11.7. The van der Waals surface area contributed by atoms with Crippen LogP contribution in [0.5, 0.6) is 0 Å². The fourth-order valence-corrected chi connectivity index (χ4v) is 2.22. The topological polar surface area (TPSA) is 35.5 Å². The zero-order chi connectivity index (χ0) is 16.5. The Hall–Kier alpha value is -2.57. The van der Waals surface area contributed by atoms with Crippen molar-refractivity contribution in [1.29, 1.82) is 0 Å². The van der Waals surface area contributed by atoms with Crippen LogP contribution in [0.1, 0.15) is 30.6 Å². The maximum atomic E-state index is 11.9.